The molecular weight excluding hydrogens is 282 g/mol. The van der Waals surface area contributed by atoms with Gasteiger partial charge in [0.1, 0.15) is 11.6 Å². The Kier molecular flexibility index (Phi) is 5.56. The second-order valence-electron chi connectivity index (χ2n) is 4.80. The minimum atomic E-state index is -0.552. The van der Waals surface area contributed by atoms with Gasteiger partial charge in [-0.05, 0) is 19.8 Å². The molecule has 0 bridgehead atoms. The van der Waals surface area contributed by atoms with Crippen LogP contribution in [0.2, 0.25) is 5.02 Å². The molecule has 1 heterocycles. The van der Waals surface area contributed by atoms with Crippen LogP contribution in [0.5, 0.6) is 0 Å². The van der Waals surface area contributed by atoms with Crippen molar-refractivity contribution in [3.8, 4) is 0 Å². The van der Waals surface area contributed by atoms with Crippen LogP contribution < -0.4 is 10.9 Å². The van der Waals surface area contributed by atoms with E-state index in [0.717, 1.165) is 17.5 Å². The molecule has 0 radical (unpaired) electrons. The molecule has 0 fully saturated rings. The normalized spacial score (nSPS) is 11.2. The molecule has 0 aliphatic carbocycles. The molecule has 6 nitrogen and oxygen atoms in total. The van der Waals surface area contributed by atoms with Crippen molar-refractivity contribution < 1.29 is 9.53 Å². The van der Waals surface area contributed by atoms with Gasteiger partial charge in [0.05, 0.1) is 19.0 Å². The lowest BCUT2D eigenvalue weighted by Gasteiger charge is -2.29. The molecular formula is C13H20ClN3O3. The van der Waals surface area contributed by atoms with Crippen LogP contribution in [0, 0.1) is 0 Å². The average Bonchev–Trinajstić information content (AvgIpc) is 2.46. The molecule has 0 saturated heterocycles. The quantitative estimate of drug-likeness (QED) is 0.814. The van der Waals surface area contributed by atoms with E-state index in [1.807, 2.05) is 6.92 Å². The van der Waals surface area contributed by atoms with Crippen molar-refractivity contribution in [2.24, 2.45) is 0 Å². The fraction of sp³-hybridized carbons (Fsp3) is 0.615. The highest BCUT2D eigenvalue weighted by Gasteiger charge is 2.22. The van der Waals surface area contributed by atoms with Gasteiger partial charge < -0.3 is 10.1 Å². The third-order valence-corrected chi connectivity index (χ3v) is 3.85. The molecule has 0 spiro atoms. The topological polar surface area (TPSA) is 73.2 Å². The second kappa shape index (κ2) is 6.74. The number of ether oxygens (including phenoxy) is 1. The monoisotopic (exact) mass is 301 g/mol. The predicted octanol–water partition coefficient (Wildman–Crippen LogP) is 2.06. The minimum absolute atomic E-state index is 0.0250. The smallest absolute Gasteiger partial charge is 0.327 e. The fourth-order valence-electron chi connectivity index (χ4n) is 1.60. The Morgan fingerprint density at radius 3 is 2.60 bits per heavy atom. The van der Waals surface area contributed by atoms with E-state index in [0.29, 0.717) is 5.69 Å². The summed E-state index contributed by atoms with van der Waals surface area (Å²) < 4.78 is 5.48. The first-order chi connectivity index (χ1) is 9.36. The van der Waals surface area contributed by atoms with Crippen molar-refractivity contribution in [2.45, 2.75) is 45.7 Å². The molecule has 0 amide bonds. The van der Waals surface area contributed by atoms with Crippen LogP contribution >= 0.6 is 11.6 Å². The van der Waals surface area contributed by atoms with Crippen LogP contribution in [0.1, 0.15) is 33.6 Å². The summed E-state index contributed by atoms with van der Waals surface area (Å²) in [6.07, 6.45) is 3.21. The number of anilines is 1. The minimum Gasteiger partial charge on any atom is -0.468 e. The molecule has 7 heteroatoms. The molecule has 112 valence electrons. The molecule has 1 aromatic heterocycles. The molecule has 1 aromatic rings. The van der Waals surface area contributed by atoms with Crippen molar-refractivity contribution in [3.63, 3.8) is 0 Å². The first kappa shape index (κ1) is 16.5. The SMILES string of the molecule is CCC(C)(CC)Nc1cnn(CC(=O)OC)c(=O)c1Cl. The zero-order valence-electron chi connectivity index (χ0n) is 12.2. The Hall–Kier alpha value is -1.56. The average molecular weight is 302 g/mol. The highest BCUT2D eigenvalue weighted by molar-refractivity contribution is 6.32. The first-order valence-electron chi connectivity index (χ1n) is 6.47. The van der Waals surface area contributed by atoms with E-state index >= 15 is 0 Å². The van der Waals surface area contributed by atoms with Gasteiger partial charge in [-0.2, -0.15) is 5.10 Å². The molecule has 1 N–H and O–H groups in total. The summed E-state index contributed by atoms with van der Waals surface area (Å²) in [5, 5.41) is 7.20. The highest BCUT2D eigenvalue weighted by Crippen LogP contribution is 2.24. The lowest BCUT2D eigenvalue weighted by Crippen LogP contribution is -2.35. The highest BCUT2D eigenvalue weighted by atomic mass is 35.5. The van der Waals surface area contributed by atoms with Gasteiger partial charge >= 0.3 is 5.97 Å². The Morgan fingerprint density at radius 2 is 2.10 bits per heavy atom. The Bertz CT molecular complexity index is 538. The summed E-state index contributed by atoms with van der Waals surface area (Å²) in [6, 6.07) is 0. The summed E-state index contributed by atoms with van der Waals surface area (Å²) in [5.74, 6) is -0.552. The number of methoxy groups -OCH3 is 1. The van der Waals surface area contributed by atoms with E-state index in [-0.39, 0.29) is 17.1 Å². The third kappa shape index (κ3) is 3.72. The van der Waals surface area contributed by atoms with Crippen LogP contribution in [0.15, 0.2) is 11.0 Å². The van der Waals surface area contributed by atoms with E-state index in [9.17, 15) is 9.59 Å². The maximum absolute atomic E-state index is 12.0. The van der Waals surface area contributed by atoms with Crippen LogP contribution in [-0.4, -0.2) is 28.4 Å². The molecule has 0 atom stereocenters. The van der Waals surface area contributed by atoms with E-state index in [1.54, 1.807) is 0 Å². The van der Waals surface area contributed by atoms with Crippen molar-refractivity contribution in [1.29, 1.82) is 0 Å². The summed E-state index contributed by atoms with van der Waals surface area (Å²) >= 11 is 6.06. The van der Waals surface area contributed by atoms with Gasteiger partial charge in [0.15, 0.2) is 0 Å². The van der Waals surface area contributed by atoms with Gasteiger partial charge in [0, 0.05) is 5.54 Å². The molecule has 0 aliphatic heterocycles. The van der Waals surface area contributed by atoms with E-state index in [2.05, 4.69) is 29.0 Å². The predicted molar refractivity (Wildman–Crippen MR) is 78.1 cm³/mol. The van der Waals surface area contributed by atoms with E-state index in [1.165, 1.54) is 13.3 Å². The number of hydrogen-bond donors (Lipinski definition) is 1. The molecule has 0 aliphatic rings. The Morgan fingerprint density at radius 1 is 1.50 bits per heavy atom. The summed E-state index contributed by atoms with van der Waals surface area (Å²) in [7, 11) is 1.25. The van der Waals surface area contributed by atoms with Crippen LogP contribution in [0.3, 0.4) is 0 Å². The van der Waals surface area contributed by atoms with Gasteiger partial charge in [-0.3, -0.25) is 9.59 Å². The number of carbonyl (C=O) groups is 1. The summed E-state index contributed by atoms with van der Waals surface area (Å²) in [6.45, 7) is 5.89. The fourth-order valence-corrected chi connectivity index (χ4v) is 1.80. The van der Waals surface area contributed by atoms with Crippen LogP contribution in [0.25, 0.3) is 0 Å². The third-order valence-electron chi connectivity index (χ3n) is 3.49. The van der Waals surface area contributed by atoms with Gasteiger partial charge in [0.2, 0.25) is 0 Å². The molecule has 0 aromatic carbocycles. The van der Waals surface area contributed by atoms with Gasteiger partial charge in [-0.15, -0.1) is 0 Å². The number of carbonyl (C=O) groups excluding carboxylic acids is 1. The van der Waals surface area contributed by atoms with Gasteiger partial charge in [-0.1, -0.05) is 25.4 Å². The maximum atomic E-state index is 12.0. The summed E-state index contributed by atoms with van der Waals surface area (Å²) in [5.41, 5.74) is -0.202. The lowest BCUT2D eigenvalue weighted by atomic mass is 9.95. The largest absolute Gasteiger partial charge is 0.468 e. The van der Waals surface area contributed by atoms with E-state index in [4.69, 9.17) is 11.6 Å². The second-order valence-corrected chi connectivity index (χ2v) is 5.18. The van der Waals surface area contributed by atoms with Gasteiger partial charge in [0.25, 0.3) is 5.56 Å². The van der Waals surface area contributed by atoms with Crippen molar-refractivity contribution in [2.75, 3.05) is 12.4 Å². The number of nitrogens with zero attached hydrogens (tertiary/aromatic N) is 2. The maximum Gasteiger partial charge on any atom is 0.327 e. The molecule has 0 saturated carbocycles. The standard InChI is InChI=1S/C13H20ClN3O3/c1-5-13(3,6-2)16-9-7-15-17(8-10(18)20-4)12(19)11(9)14/h7,16H,5-6,8H2,1-4H3. The van der Waals surface area contributed by atoms with Crippen LogP contribution in [0.4, 0.5) is 5.69 Å². The zero-order valence-corrected chi connectivity index (χ0v) is 13.0. The lowest BCUT2D eigenvalue weighted by molar-refractivity contribution is -0.141. The molecule has 20 heavy (non-hydrogen) atoms. The van der Waals surface area contributed by atoms with Crippen LogP contribution in [-0.2, 0) is 16.1 Å². The number of aromatic nitrogens is 2. The number of esters is 1. The van der Waals surface area contributed by atoms with E-state index < -0.39 is 11.5 Å². The number of halogens is 1. The number of rotatable bonds is 6. The summed E-state index contributed by atoms with van der Waals surface area (Å²) in [4.78, 5) is 23.2. The number of nitrogens with one attached hydrogen (secondary N) is 1. The van der Waals surface area contributed by atoms with Crippen molar-refractivity contribution >= 4 is 23.3 Å². The first-order valence-corrected chi connectivity index (χ1v) is 6.85. The van der Waals surface area contributed by atoms with Crippen molar-refractivity contribution in [1.82, 2.24) is 9.78 Å². The van der Waals surface area contributed by atoms with Gasteiger partial charge in [-0.25, -0.2) is 4.68 Å². The number of hydrogen-bond acceptors (Lipinski definition) is 5. The molecule has 1 rings (SSSR count). The Balaban J connectivity index is 3.06. The molecule has 0 unspecified atom stereocenters. The zero-order chi connectivity index (χ0) is 15.3. The Labute approximate surface area is 123 Å². The van der Waals surface area contributed by atoms with Crippen molar-refractivity contribution in [3.05, 3.63) is 21.6 Å².